The van der Waals surface area contributed by atoms with E-state index in [0.29, 0.717) is 10.9 Å². The zero-order chi connectivity index (χ0) is 13.2. The van der Waals surface area contributed by atoms with Crippen LogP contribution >= 0.6 is 15.9 Å². The van der Waals surface area contributed by atoms with E-state index in [4.69, 9.17) is 0 Å². The van der Waals surface area contributed by atoms with Gasteiger partial charge in [0, 0.05) is 10.9 Å². The fraction of sp³-hybridized carbons (Fsp3) is 0.0769. The van der Waals surface area contributed by atoms with Gasteiger partial charge in [-0.1, -0.05) is 58.4 Å². The van der Waals surface area contributed by atoms with Crippen molar-refractivity contribution < 1.29 is 13.0 Å². The summed E-state index contributed by atoms with van der Waals surface area (Å²) in [7, 11) is -4.24. The van der Waals surface area contributed by atoms with Crippen molar-refractivity contribution in [1.82, 2.24) is 0 Å². The topological polar surface area (TPSA) is 54.4 Å². The van der Waals surface area contributed by atoms with E-state index in [1.807, 2.05) is 36.4 Å². The molecule has 1 N–H and O–H groups in total. The predicted molar refractivity (Wildman–Crippen MR) is 74.3 cm³/mol. The summed E-state index contributed by atoms with van der Waals surface area (Å²) in [5.41, 5.74) is 2.12. The first kappa shape index (κ1) is 13.3. The lowest BCUT2D eigenvalue weighted by molar-refractivity contribution is 0.483. The first-order chi connectivity index (χ1) is 8.54. The van der Waals surface area contributed by atoms with Crippen molar-refractivity contribution in [3.63, 3.8) is 0 Å². The molecule has 0 fully saturated rings. The standard InChI is InChI=1S/C13H11BrO3S/c14-9-11-7-4-8-12(18(15,16)17)13(11)10-5-2-1-3-6-10/h1-8H,9H2,(H,15,16,17). The highest BCUT2D eigenvalue weighted by molar-refractivity contribution is 9.08. The minimum Gasteiger partial charge on any atom is -0.282 e. The van der Waals surface area contributed by atoms with Crippen molar-refractivity contribution in [2.75, 3.05) is 0 Å². The van der Waals surface area contributed by atoms with Gasteiger partial charge < -0.3 is 0 Å². The first-order valence-corrected chi connectivity index (χ1v) is 7.81. The van der Waals surface area contributed by atoms with Crippen LogP contribution in [0.2, 0.25) is 0 Å². The van der Waals surface area contributed by atoms with Crippen molar-refractivity contribution in [3.8, 4) is 11.1 Å². The van der Waals surface area contributed by atoms with Gasteiger partial charge in [0.1, 0.15) is 4.90 Å². The van der Waals surface area contributed by atoms with Crippen LogP contribution in [-0.2, 0) is 15.4 Å². The Morgan fingerprint density at radius 2 is 1.67 bits per heavy atom. The van der Waals surface area contributed by atoms with Gasteiger partial charge in [-0.3, -0.25) is 4.55 Å². The number of alkyl halides is 1. The lowest BCUT2D eigenvalue weighted by Crippen LogP contribution is -2.02. The maximum Gasteiger partial charge on any atom is 0.295 e. The summed E-state index contributed by atoms with van der Waals surface area (Å²) >= 11 is 3.33. The SMILES string of the molecule is O=S(=O)(O)c1cccc(CBr)c1-c1ccccc1. The summed E-state index contributed by atoms with van der Waals surface area (Å²) in [4.78, 5) is -0.0642. The Hall–Kier alpha value is -1.17. The van der Waals surface area contributed by atoms with Crippen molar-refractivity contribution >= 4 is 26.0 Å². The Morgan fingerprint density at radius 3 is 2.22 bits per heavy atom. The second kappa shape index (κ2) is 5.22. The van der Waals surface area contributed by atoms with Crippen LogP contribution in [-0.4, -0.2) is 13.0 Å². The average Bonchev–Trinajstić information content (AvgIpc) is 2.38. The lowest BCUT2D eigenvalue weighted by Gasteiger charge is -2.11. The Morgan fingerprint density at radius 1 is 1.00 bits per heavy atom. The van der Waals surface area contributed by atoms with Gasteiger partial charge >= 0.3 is 0 Å². The summed E-state index contributed by atoms with van der Waals surface area (Å²) in [5, 5.41) is 0.514. The summed E-state index contributed by atoms with van der Waals surface area (Å²) in [6.45, 7) is 0. The van der Waals surface area contributed by atoms with E-state index in [1.165, 1.54) is 6.07 Å². The summed E-state index contributed by atoms with van der Waals surface area (Å²) < 4.78 is 32.2. The molecular formula is C13H11BrO3S. The van der Waals surface area contributed by atoms with Crippen LogP contribution in [0, 0.1) is 0 Å². The Labute approximate surface area is 114 Å². The largest absolute Gasteiger partial charge is 0.295 e. The third kappa shape index (κ3) is 2.63. The normalized spacial score (nSPS) is 11.4. The number of hydrogen-bond donors (Lipinski definition) is 1. The maximum atomic E-state index is 11.4. The van der Waals surface area contributed by atoms with E-state index < -0.39 is 10.1 Å². The molecule has 0 radical (unpaired) electrons. The summed E-state index contributed by atoms with van der Waals surface area (Å²) in [5.74, 6) is 0. The van der Waals surface area contributed by atoms with Crippen LogP contribution in [0.25, 0.3) is 11.1 Å². The van der Waals surface area contributed by atoms with E-state index in [2.05, 4.69) is 15.9 Å². The molecule has 0 atom stereocenters. The van der Waals surface area contributed by atoms with E-state index >= 15 is 0 Å². The van der Waals surface area contributed by atoms with Crippen LogP contribution in [0.1, 0.15) is 5.56 Å². The molecule has 0 heterocycles. The molecule has 94 valence electrons. The molecule has 0 saturated heterocycles. The molecule has 3 nitrogen and oxygen atoms in total. The van der Waals surface area contributed by atoms with Gasteiger partial charge in [0.2, 0.25) is 0 Å². The smallest absolute Gasteiger partial charge is 0.282 e. The van der Waals surface area contributed by atoms with E-state index in [1.54, 1.807) is 6.07 Å². The number of benzene rings is 2. The molecular weight excluding hydrogens is 316 g/mol. The molecule has 0 aliphatic heterocycles. The molecule has 5 heteroatoms. The zero-order valence-corrected chi connectivity index (χ0v) is 11.8. The molecule has 0 unspecified atom stereocenters. The Bertz CT molecular complexity index is 651. The predicted octanol–water partition coefficient (Wildman–Crippen LogP) is 3.50. The summed E-state index contributed by atoms with van der Waals surface area (Å²) in [6, 6.07) is 14.0. The van der Waals surface area contributed by atoms with Crippen LogP contribution in [0.15, 0.2) is 53.4 Å². The maximum absolute atomic E-state index is 11.4. The van der Waals surface area contributed by atoms with Gasteiger partial charge in [-0.25, -0.2) is 0 Å². The molecule has 18 heavy (non-hydrogen) atoms. The van der Waals surface area contributed by atoms with Crippen LogP contribution in [0.4, 0.5) is 0 Å². The molecule has 2 aromatic carbocycles. The number of halogens is 1. The number of rotatable bonds is 3. The third-order valence-electron chi connectivity index (χ3n) is 2.60. The Balaban J connectivity index is 2.79. The van der Waals surface area contributed by atoms with Crippen molar-refractivity contribution in [2.24, 2.45) is 0 Å². The minimum atomic E-state index is -4.24. The molecule has 0 saturated carbocycles. The van der Waals surface area contributed by atoms with Gasteiger partial charge in [-0.15, -0.1) is 0 Å². The van der Waals surface area contributed by atoms with Gasteiger partial charge in [-0.05, 0) is 17.2 Å². The quantitative estimate of drug-likeness (QED) is 0.693. The summed E-state index contributed by atoms with van der Waals surface area (Å²) in [6.07, 6.45) is 0. The highest BCUT2D eigenvalue weighted by Gasteiger charge is 2.18. The van der Waals surface area contributed by atoms with Crippen LogP contribution in [0.3, 0.4) is 0 Å². The second-order valence-corrected chi connectivity index (χ2v) is 5.72. The molecule has 0 aliphatic rings. The molecule has 2 aromatic rings. The second-order valence-electron chi connectivity index (χ2n) is 3.76. The fourth-order valence-corrected chi connectivity index (χ4v) is 3.06. The van der Waals surface area contributed by atoms with Gasteiger partial charge in [0.05, 0.1) is 0 Å². The molecule has 0 amide bonds. The van der Waals surface area contributed by atoms with Gasteiger partial charge in [0.25, 0.3) is 10.1 Å². The monoisotopic (exact) mass is 326 g/mol. The minimum absolute atomic E-state index is 0.0642. The average molecular weight is 327 g/mol. The molecule has 0 aliphatic carbocycles. The van der Waals surface area contributed by atoms with E-state index in [-0.39, 0.29) is 4.90 Å². The molecule has 0 aromatic heterocycles. The van der Waals surface area contributed by atoms with Crippen LogP contribution < -0.4 is 0 Å². The fourth-order valence-electron chi connectivity index (χ4n) is 1.84. The lowest BCUT2D eigenvalue weighted by atomic mass is 10.0. The highest BCUT2D eigenvalue weighted by atomic mass is 79.9. The van der Waals surface area contributed by atoms with Gasteiger partial charge in [0.15, 0.2) is 0 Å². The first-order valence-electron chi connectivity index (χ1n) is 5.25. The molecule has 2 rings (SSSR count). The molecule has 0 spiro atoms. The third-order valence-corrected chi connectivity index (χ3v) is 4.10. The van der Waals surface area contributed by atoms with Gasteiger partial charge in [-0.2, -0.15) is 8.42 Å². The van der Waals surface area contributed by atoms with E-state index in [9.17, 15) is 13.0 Å². The van der Waals surface area contributed by atoms with Crippen molar-refractivity contribution in [2.45, 2.75) is 10.2 Å². The van der Waals surface area contributed by atoms with Crippen molar-refractivity contribution in [3.05, 3.63) is 54.1 Å². The molecule has 0 bridgehead atoms. The van der Waals surface area contributed by atoms with E-state index in [0.717, 1.165) is 11.1 Å². The Kier molecular flexibility index (Phi) is 3.85. The van der Waals surface area contributed by atoms with Crippen molar-refractivity contribution in [1.29, 1.82) is 0 Å². The number of hydrogen-bond acceptors (Lipinski definition) is 2. The zero-order valence-electron chi connectivity index (χ0n) is 9.38. The highest BCUT2D eigenvalue weighted by Crippen LogP contribution is 2.31. The van der Waals surface area contributed by atoms with Crippen LogP contribution in [0.5, 0.6) is 0 Å².